The number of rotatable bonds is 5. The molecule has 1 atom stereocenters. The molecule has 4 nitrogen and oxygen atoms in total. The van der Waals surface area contributed by atoms with E-state index in [-0.39, 0.29) is 0 Å². The fourth-order valence-corrected chi connectivity index (χ4v) is 3.32. The minimum Gasteiger partial charge on any atom is -0.384 e. The number of morpholine rings is 1. The first-order valence-electron chi connectivity index (χ1n) is 7.31. The molecule has 0 aromatic heterocycles. The van der Waals surface area contributed by atoms with E-state index in [4.69, 9.17) is 9.47 Å². The van der Waals surface area contributed by atoms with Crippen molar-refractivity contribution in [1.29, 1.82) is 0 Å². The van der Waals surface area contributed by atoms with Crippen LogP contribution in [0.2, 0.25) is 0 Å². The summed E-state index contributed by atoms with van der Waals surface area (Å²) in [5.74, 6) is 0. The van der Waals surface area contributed by atoms with Crippen LogP contribution in [0.5, 0.6) is 0 Å². The molecule has 0 bridgehead atoms. The Balaban J connectivity index is 1.98. The number of ether oxygens (including phenoxy) is 2. The average Bonchev–Trinajstić information content (AvgIpc) is 2.40. The van der Waals surface area contributed by atoms with E-state index in [0.717, 1.165) is 39.5 Å². The van der Waals surface area contributed by atoms with Crippen molar-refractivity contribution in [2.45, 2.75) is 32.2 Å². The molecule has 0 aromatic rings. The van der Waals surface area contributed by atoms with Crippen LogP contribution in [0.25, 0.3) is 0 Å². The van der Waals surface area contributed by atoms with E-state index in [1.807, 2.05) is 7.11 Å². The van der Waals surface area contributed by atoms with E-state index in [0.29, 0.717) is 11.5 Å². The van der Waals surface area contributed by atoms with E-state index in [1.165, 1.54) is 25.8 Å². The molecule has 0 aliphatic carbocycles. The summed E-state index contributed by atoms with van der Waals surface area (Å²) in [6, 6.07) is 0.599. The molecule has 0 radical (unpaired) electrons. The number of hydrogen-bond donors (Lipinski definition) is 1. The molecule has 2 aliphatic heterocycles. The largest absolute Gasteiger partial charge is 0.384 e. The van der Waals surface area contributed by atoms with Gasteiger partial charge >= 0.3 is 0 Å². The molecule has 2 fully saturated rings. The predicted octanol–water partition coefficient (Wildman–Crippen LogP) is 1.11. The summed E-state index contributed by atoms with van der Waals surface area (Å²) in [5.41, 5.74) is 0.352. The van der Waals surface area contributed by atoms with Crippen molar-refractivity contribution in [1.82, 2.24) is 10.2 Å². The summed E-state index contributed by atoms with van der Waals surface area (Å²) >= 11 is 0. The van der Waals surface area contributed by atoms with Gasteiger partial charge in [0.2, 0.25) is 0 Å². The van der Waals surface area contributed by atoms with Gasteiger partial charge in [0.25, 0.3) is 0 Å². The van der Waals surface area contributed by atoms with Crippen LogP contribution in [0, 0.1) is 5.41 Å². The van der Waals surface area contributed by atoms with E-state index < -0.39 is 0 Å². The highest BCUT2D eigenvalue weighted by molar-refractivity contribution is 4.89. The second-order valence-electron chi connectivity index (χ2n) is 5.79. The number of hydrogen-bond acceptors (Lipinski definition) is 4. The highest BCUT2D eigenvalue weighted by Crippen LogP contribution is 2.31. The van der Waals surface area contributed by atoms with Gasteiger partial charge in [-0.15, -0.1) is 0 Å². The Hall–Kier alpha value is -0.160. The summed E-state index contributed by atoms with van der Waals surface area (Å²) in [6.45, 7) is 9.45. The molecule has 0 saturated carbocycles. The van der Waals surface area contributed by atoms with Gasteiger partial charge in [0.1, 0.15) is 0 Å². The van der Waals surface area contributed by atoms with E-state index in [1.54, 1.807) is 0 Å². The highest BCUT2D eigenvalue weighted by Gasteiger charge is 2.36. The van der Waals surface area contributed by atoms with Crippen molar-refractivity contribution in [3.05, 3.63) is 0 Å². The Morgan fingerprint density at radius 3 is 2.83 bits per heavy atom. The SMILES string of the molecule is CCC1COCCN1CC1(COC)CCNCC1. The standard InChI is InChI=1S/C14H28N2O2/c1-3-13-10-18-9-8-16(13)11-14(12-17-2)4-6-15-7-5-14/h13,15H,3-12H2,1-2H3. The van der Waals surface area contributed by atoms with Gasteiger partial charge < -0.3 is 14.8 Å². The normalized spacial score (nSPS) is 29.3. The first-order valence-corrected chi connectivity index (χ1v) is 7.31. The minimum atomic E-state index is 0.352. The fourth-order valence-electron chi connectivity index (χ4n) is 3.32. The van der Waals surface area contributed by atoms with Gasteiger partial charge in [-0.2, -0.15) is 0 Å². The van der Waals surface area contributed by atoms with Gasteiger partial charge in [-0.1, -0.05) is 6.92 Å². The van der Waals surface area contributed by atoms with Crippen molar-refractivity contribution < 1.29 is 9.47 Å². The lowest BCUT2D eigenvalue weighted by Gasteiger charge is -2.44. The molecular weight excluding hydrogens is 228 g/mol. The average molecular weight is 256 g/mol. The van der Waals surface area contributed by atoms with Crippen LogP contribution in [0.3, 0.4) is 0 Å². The summed E-state index contributed by atoms with van der Waals surface area (Å²) in [4.78, 5) is 2.63. The molecule has 0 amide bonds. The van der Waals surface area contributed by atoms with Crippen LogP contribution in [0.15, 0.2) is 0 Å². The van der Waals surface area contributed by atoms with Crippen LogP contribution in [0.4, 0.5) is 0 Å². The Morgan fingerprint density at radius 2 is 2.17 bits per heavy atom. The molecule has 2 rings (SSSR count). The molecule has 2 saturated heterocycles. The first kappa shape index (κ1) is 14.3. The molecule has 4 heteroatoms. The van der Waals surface area contributed by atoms with Gasteiger partial charge in [-0.3, -0.25) is 4.90 Å². The van der Waals surface area contributed by atoms with Crippen molar-refractivity contribution >= 4 is 0 Å². The van der Waals surface area contributed by atoms with Crippen LogP contribution < -0.4 is 5.32 Å². The summed E-state index contributed by atoms with van der Waals surface area (Å²) in [5, 5.41) is 3.46. The molecule has 18 heavy (non-hydrogen) atoms. The lowest BCUT2D eigenvalue weighted by molar-refractivity contribution is -0.0494. The third kappa shape index (κ3) is 3.44. The molecule has 0 spiro atoms. The zero-order valence-corrected chi connectivity index (χ0v) is 11.9. The Morgan fingerprint density at radius 1 is 1.39 bits per heavy atom. The Kier molecular flexibility index (Phi) is 5.42. The van der Waals surface area contributed by atoms with Crippen LogP contribution in [-0.4, -0.2) is 64.1 Å². The predicted molar refractivity (Wildman–Crippen MR) is 72.9 cm³/mol. The van der Waals surface area contributed by atoms with E-state index >= 15 is 0 Å². The van der Waals surface area contributed by atoms with Gasteiger partial charge in [0.05, 0.1) is 19.8 Å². The monoisotopic (exact) mass is 256 g/mol. The number of methoxy groups -OCH3 is 1. The molecule has 1 unspecified atom stereocenters. The molecule has 2 heterocycles. The quantitative estimate of drug-likeness (QED) is 0.799. The molecule has 2 aliphatic rings. The first-order chi connectivity index (χ1) is 8.79. The van der Waals surface area contributed by atoms with E-state index in [9.17, 15) is 0 Å². The molecule has 0 aromatic carbocycles. The number of piperidine rings is 1. The maximum Gasteiger partial charge on any atom is 0.0622 e. The van der Waals surface area contributed by atoms with Gasteiger partial charge in [-0.05, 0) is 32.4 Å². The Labute approximate surface area is 111 Å². The van der Waals surface area contributed by atoms with Gasteiger partial charge in [-0.25, -0.2) is 0 Å². The molecular formula is C14H28N2O2. The van der Waals surface area contributed by atoms with Crippen molar-refractivity contribution in [2.75, 3.05) is 53.1 Å². The molecule has 106 valence electrons. The summed E-state index contributed by atoms with van der Waals surface area (Å²) in [6.07, 6.45) is 3.64. The van der Waals surface area contributed by atoms with E-state index in [2.05, 4.69) is 17.1 Å². The molecule has 1 N–H and O–H groups in total. The third-order valence-corrected chi connectivity index (χ3v) is 4.47. The second-order valence-corrected chi connectivity index (χ2v) is 5.79. The van der Waals surface area contributed by atoms with Crippen molar-refractivity contribution in [3.8, 4) is 0 Å². The minimum absolute atomic E-state index is 0.352. The Bertz CT molecular complexity index is 236. The number of nitrogens with one attached hydrogen (secondary N) is 1. The van der Waals surface area contributed by atoms with Crippen molar-refractivity contribution in [2.24, 2.45) is 5.41 Å². The smallest absolute Gasteiger partial charge is 0.0622 e. The maximum atomic E-state index is 5.60. The fraction of sp³-hybridized carbons (Fsp3) is 1.00. The topological polar surface area (TPSA) is 33.7 Å². The van der Waals surface area contributed by atoms with Gasteiger partial charge in [0.15, 0.2) is 0 Å². The highest BCUT2D eigenvalue weighted by atomic mass is 16.5. The lowest BCUT2D eigenvalue weighted by Crippen LogP contribution is -2.53. The zero-order valence-electron chi connectivity index (χ0n) is 11.9. The maximum absolute atomic E-state index is 5.60. The van der Waals surface area contributed by atoms with Crippen LogP contribution in [0.1, 0.15) is 26.2 Å². The second kappa shape index (κ2) is 6.85. The van der Waals surface area contributed by atoms with Gasteiger partial charge in [0, 0.05) is 31.7 Å². The van der Waals surface area contributed by atoms with Crippen LogP contribution >= 0.6 is 0 Å². The summed E-state index contributed by atoms with van der Waals surface area (Å²) in [7, 11) is 1.83. The van der Waals surface area contributed by atoms with Crippen molar-refractivity contribution in [3.63, 3.8) is 0 Å². The summed E-state index contributed by atoms with van der Waals surface area (Å²) < 4.78 is 11.1. The zero-order chi connectivity index (χ0) is 12.8. The third-order valence-electron chi connectivity index (χ3n) is 4.47. The number of nitrogens with zero attached hydrogens (tertiary/aromatic N) is 1. The lowest BCUT2D eigenvalue weighted by atomic mass is 9.78. The van der Waals surface area contributed by atoms with Crippen LogP contribution in [-0.2, 0) is 9.47 Å².